The number of aromatic nitrogens is 2. The first-order valence-corrected chi connectivity index (χ1v) is 8.08. The Hall–Kier alpha value is -2.14. The highest BCUT2D eigenvalue weighted by molar-refractivity contribution is 5.42. The van der Waals surface area contributed by atoms with Crippen LogP contribution in [0, 0.1) is 6.92 Å². The van der Waals surface area contributed by atoms with Crippen LogP contribution < -0.4 is 10.5 Å². The summed E-state index contributed by atoms with van der Waals surface area (Å²) < 4.78 is 5.66. The number of nitrogen functional groups attached to an aromatic ring is 1. The number of nitrogens with zero attached hydrogens (tertiary/aromatic N) is 2. The number of anilines is 1. The Morgan fingerprint density at radius 1 is 1.17 bits per heavy atom. The van der Waals surface area contributed by atoms with Crippen molar-refractivity contribution < 1.29 is 9.84 Å². The molecule has 23 heavy (non-hydrogen) atoms. The second-order valence-electron chi connectivity index (χ2n) is 5.60. The number of hydrogen-bond acceptors (Lipinski definition) is 5. The number of nitrogens with two attached hydrogens (primary N) is 1. The Balaban J connectivity index is 2.36. The largest absolute Gasteiger partial charge is 0.475 e. The number of ether oxygens (including phenoxy) is 1. The molecule has 0 aliphatic rings. The fraction of sp³-hybridized carbons (Fsp3) is 0.444. The molecule has 0 fully saturated rings. The van der Waals surface area contributed by atoms with Gasteiger partial charge in [-0.05, 0) is 37.5 Å². The molecule has 0 saturated carbocycles. The fourth-order valence-electron chi connectivity index (χ4n) is 2.46. The molecule has 2 rings (SSSR count). The van der Waals surface area contributed by atoms with Gasteiger partial charge in [-0.2, -0.15) is 4.98 Å². The van der Waals surface area contributed by atoms with Crippen LogP contribution in [0.5, 0.6) is 5.88 Å². The van der Waals surface area contributed by atoms with Crippen LogP contribution in [-0.4, -0.2) is 28.3 Å². The van der Waals surface area contributed by atoms with Gasteiger partial charge in [0.1, 0.15) is 12.4 Å². The third kappa shape index (κ3) is 4.93. The first-order chi connectivity index (χ1) is 11.1. The van der Waals surface area contributed by atoms with Gasteiger partial charge in [0, 0.05) is 17.7 Å². The molecule has 0 radical (unpaired) electrons. The van der Waals surface area contributed by atoms with Crippen LogP contribution in [0.25, 0.3) is 0 Å². The van der Waals surface area contributed by atoms with Crippen LogP contribution in [0.15, 0.2) is 24.3 Å². The van der Waals surface area contributed by atoms with Gasteiger partial charge in [0.05, 0.1) is 12.3 Å². The standard InChI is InChI=1S/C18H25N3O2/c1-3-4-5-17-16(12-14-6-8-15(19)9-7-14)18(23-11-10-22)21-13(2)20-17/h6-9,22H,3-5,10-12,19H2,1-2H3. The maximum atomic E-state index is 9.04. The molecular weight excluding hydrogens is 290 g/mol. The average Bonchev–Trinajstić information content (AvgIpc) is 2.55. The SMILES string of the molecule is CCCCc1nc(C)nc(OCCO)c1Cc1ccc(N)cc1. The van der Waals surface area contributed by atoms with Crippen molar-refractivity contribution in [3.63, 3.8) is 0 Å². The van der Waals surface area contributed by atoms with Gasteiger partial charge < -0.3 is 15.6 Å². The lowest BCUT2D eigenvalue weighted by molar-refractivity contribution is 0.195. The summed E-state index contributed by atoms with van der Waals surface area (Å²) in [6.45, 7) is 4.23. The van der Waals surface area contributed by atoms with E-state index >= 15 is 0 Å². The second kappa shape index (κ2) is 8.48. The Morgan fingerprint density at radius 2 is 1.91 bits per heavy atom. The van der Waals surface area contributed by atoms with Gasteiger partial charge in [-0.1, -0.05) is 25.5 Å². The molecular formula is C18H25N3O2. The maximum absolute atomic E-state index is 9.04. The van der Waals surface area contributed by atoms with E-state index in [0.717, 1.165) is 41.8 Å². The predicted molar refractivity (Wildman–Crippen MR) is 91.6 cm³/mol. The highest BCUT2D eigenvalue weighted by Gasteiger charge is 2.15. The van der Waals surface area contributed by atoms with Crippen molar-refractivity contribution in [1.29, 1.82) is 0 Å². The van der Waals surface area contributed by atoms with Crippen LogP contribution >= 0.6 is 0 Å². The zero-order valence-electron chi connectivity index (χ0n) is 13.9. The lowest BCUT2D eigenvalue weighted by Crippen LogP contribution is -2.11. The smallest absolute Gasteiger partial charge is 0.220 e. The molecule has 0 spiro atoms. The molecule has 0 bridgehead atoms. The van der Waals surface area contributed by atoms with E-state index in [-0.39, 0.29) is 13.2 Å². The van der Waals surface area contributed by atoms with Crippen LogP contribution in [0.1, 0.15) is 42.4 Å². The van der Waals surface area contributed by atoms with Gasteiger partial charge in [0.25, 0.3) is 0 Å². The summed E-state index contributed by atoms with van der Waals surface area (Å²) in [5, 5.41) is 9.04. The Bertz CT molecular complexity index is 598. The highest BCUT2D eigenvalue weighted by atomic mass is 16.5. The van der Waals surface area contributed by atoms with Crippen LogP contribution in [0.4, 0.5) is 5.69 Å². The quantitative estimate of drug-likeness (QED) is 0.732. The number of hydrogen-bond donors (Lipinski definition) is 2. The number of aliphatic hydroxyl groups is 1. The lowest BCUT2D eigenvalue weighted by atomic mass is 10.0. The Morgan fingerprint density at radius 3 is 2.57 bits per heavy atom. The number of aryl methyl sites for hydroxylation is 2. The zero-order chi connectivity index (χ0) is 16.7. The van der Waals surface area contributed by atoms with Gasteiger partial charge in [0.15, 0.2) is 0 Å². The molecule has 0 amide bonds. The molecule has 5 heteroatoms. The summed E-state index contributed by atoms with van der Waals surface area (Å²) in [4.78, 5) is 9.04. The summed E-state index contributed by atoms with van der Waals surface area (Å²) in [5.41, 5.74) is 9.67. The minimum absolute atomic E-state index is 0.0331. The molecule has 1 aromatic carbocycles. The normalized spacial score (nSPS) is 10.7. The van der Waals surface area contributed by atoms with E-state index < -0.39 is 0 Å². The van der Waals surface area contributed by atoms with Crippen LogP contribution in [0.2, 0.25) is 0 Å². The Kier molecular flexibility index (Phi) is 6.35. The van der Waals surface area contributed by atoms with Crippen molar-refractivity contribution in [2.24, 2.45) is 0 Å². The first kappa shape index (κ1) is 17.2. The van der Waals surface area contributed by atoms with E-state index in [1.807, 2.05) is 31.2 Å². The minimum Gasteiger partial charge on any atom is -0.475 e. The van der Waals surface area contributed by atoms with E-state index in [0.29, 0.717) is 18.1 Å². The third-order valence-electron chi connectivity index (χ3n) is 3.62. The van der Waals surface area contributed by atoms with Crippen molar-refractivity contribution in [2.75, 3.05) is 18.9 Å². The van der Waals surface area contributed by atoms with Crippen molar-refractivity contribution in [3.05, 3.63) is 46.9 Å². The van der Waals surface area contributed by atoms with Crippen molar-refractivity contribution in [2.45, 2.75) is 39.5 Å². The summed E-state index contributed by atoms with van der Waals surface area (Å²) in [7, 11) is 0. The number of aliphatic hydroxyl groups excluding tert-OH is 1. The Labute approximate surface area is 137 Å². The molecule has 124 valence electrons. The maximum Gasteiger partial charge on any atom is 0.220 e. The van der Waals surface area contributed by atoms with E-state index in [9.17, 15) is 0 Å². The highest BCUT2D eigenvalue weighted by Crippen LogP contribution is 2.24. The third-order valence-corrected chi connectivity index (χ3v) is 3.62. The molecule has 5 nitrogen and oxygen atoms in total. The van der Waals surface area contributed by atoms with Crippen LogP contribution in [0.3, 0.4) is 0 Å². The monoisotopic (exact) mass is 315 g/mol. The molecule has 0 unspecified atom stereocenters. The van der Waals surface area contributed by atoms with E-state index in [1.165, 1.54) is 0 Å². The van der Waals surface area contributed by atoms with Gasteiger partial charge in [-0.3, -0.25) is 0 Å². The molecule has 1 aromatic heterocycles. The zero-order valence-corrected chi connectivity index (χ0v) is 13.9. The van der Waals surface area contributed by atoms with Gasteiger partial charge in [-0.25, -0.2) is 4.98 Å². The summed E-state index contributed by atoms with van der Waals surface area (Å²) in [6, 6.07) is 7.80. The topological polar surface area (TPSA) is 81.3 Å². The summed E-state index contributed by atoms with van der Waals surface area (Å²) in [6.07, 6.45) is 3.78. The molecule has 0 aliphatic heterocycles. The molecule has 0 aliphatic carbocycles. The average molecular weight is 315 g/mol. The summed E-state index contributed by atoms with van der Waals surface area (Å²) in [5.74, 6) is 1.28. The van der Waals surface area contributed by atoms with Gasteiger partial charge in [-0.15, -0.1) is 0 Å². The molecule has 0 atom stereocenters. The van der Waals surface area contributed by atoms with Crippen molar-refractivity contribution in [1.82, 2.24) is 9.97 Å². The number of benzene rings is 1. The van der Waals surface area contributed by atoms with Gasteiger partial charge >= 0.3 is 0 Å². The van der Waals surface area contributed by atoms with Gasteiger partial charge in [0.2, 0.25) is 5.88 Å². The molecule has 3 N–H and O–H groups in total. The molecule has 0 saturated heterocycles. The second-order valence-corrected chi connectivity index (χ2v) is 5.60. The molecule has 2 aromatic rings. The van der Waals surface area contributed by atoms with E-state index in [4.69, 9.17) is 15.6 Å². The first-order valence-electron chi connectivity index (χ1n) is 8.08. The van der Waals surface area contributed by atoms with Crippen molar-refractivity contribution >= 4 is 5.69 Å². The fourth-order valence-corrected chi connectivity index (χ4v) is 2.46. The van der Waals surface area contributed by atoms with E-state index in [1.54, 1.807) is 0 Å². The molecule has 1 heterocycles. The van der Waals surface area contributed by atoms with Crippen molar-refractivity contribution in [3.8, 4) is 5.88 Å². The number of rotatable bonds is 8. The summed E-state index contributed by atoms with van der Waals surface area (Å²) >= 11 is 0. The lowest BCUT2D eigenvalue weighted by Gasteiger charge is -2.15. The minimum atomic E-state index is -0.0331. The van der Waals surface area contributed by atoms with Crippen LogP contribution in [-0.2, 0) is 12.8 Å². The van der Waals surface area contributed by atoms with E-state index in [2.05, 4.69) is 16.9 Å². The number of unbranched alkanes of at least 4 members (excludes halogenated alkanes) is 1. The predicted octanol–water partition coefficient (Wildman–Crippen LogP) is 2.67.